The monoisotopic (exact) mass is 393 g/mol. The summed E-state index contributed by atoms with van der Waals surface area (Å²) in [6.07, 6.45) is 0.237. The molecule has 3 aromatic rings. The Bertz CT molecular complexity index is 1060. The van der Waals surface area contributed by atoms with Gasteiger partial charge in [0.05, 0.1) is 7.11 Å². The van der Waals surface area contributed by atoms with Gasteiger partial charge in [0.25, 0.3) is 0 Å². The van der Waals surface area contributed by atoms with Gasteiger partial charge in [-0.2, -0.15) is 4.68 Å². The number of nitrogens with zero attached hydrogens (tertiary/aromatic N) is 4. The van der Waals surface area contributed by atoms with Gasteiger partial charge in [-0.3, -0.25) is 9.59 Å². The smallest absolute Gasteiger partial charge is 0.224 e. The van der Waals surface area contributed by atoms with Gasteiger partial charge in [0.15, 0.2) is 11.6 Å². The number of methoxy groups -OCH3 is 1. The normalized spacial score (nSPS) is 10.6. The topological polar surface area (TPSA) is 99.0 Å². The number of ether oxygens (including phenoxy) is 1. The van der Waals surface area contributed by atoms with E-state index >= 15 is 0 Å². The van der Waals surface area contributed by atoms with Crippen molar-refractivity contribution in [3.63, 3.8) is 0 Å². The quantitative estimate of drug-likeness (QED) is 0.619. The summed E-state index contributed by atoms with van der Waals surface area (Å²) in [5.74, 6) is 0.865. The summed E-state index contributed by atoms with van der Waals surface area (Å²) in [4.78, 5) is 24.7. The zero-order valence-electron chi connectivity index (χ0n) is 16.9. The number of hydrogen-bond acceptors (Lipinski definition) is 6. The number of carbonyl (C=O) groups is 2. The van der Waals surface area contributed by atoms with Crippen LogP contribution in [-0.4, -0.2) is 39.0 Å². The van der Waals surface area contributed by atoms with E-state index in [4.69, 9.17) is 4.74 Å². The number of rotatable bonds is 7. The van der Waals surface area contributed by atoms with Crippen LogP contribution in [0.4, 0.5) is 5.69 Å². The van der Waals surface area contributed by atoms with E-state index in [2.05, 4.69) is 20.8 Å². The maximum Gasteiger partial charge on any atom is 0.224 e. The molecule has 0 aliphatic rings. The van der Waals surface area contributed by atoms with E-state index in [-0.39, 0.29) is 24.5 Å². The van der Waals surface area contributed by atoms with Crippen molar-refractivity contribution in [3.8, 4) is 11.4 Å². The standard InChI is InChI=1S/C21H23N5O3/c1-13-5-6-16(11-14(13)2)19(27)8-10-21(28)22-17-7-9-20(29-4)18(12-17)26-15(3)23-24-25-26/h5-7,9,11-12H,8,10H2,1-4H3,(H,22,28). The molecule has 0 saturated carbocycles. The molecule has 150 valence electrons. The highest BCUT2D eigenvalue weighted by molar-refractivity contribution is 6.00. The maximum absolute atomic E-state index is 12.4. The van der Waals surface area contributed by atoms with Crippen LogP contribution in [0.3, 0.4) is 0 Å². The summed E-state index contributed by atoms with van der Waals surface area (Å²) in [6.45, 7) is 5.73. The predicted molar refractivity (Wildman–Crippen MR) is 109 cm³/mol. The molecule has 8 heteroatoms. The second-order valence-corrected chi connectivity index (χ2v) is 6.79. The van der Waals surface area contributed by atoms with Crippen molar-refractivity contribution >= 4 is 17.4 Å². The Morgan fingerprint density at radius 2 is 1.83 bits per heavy atom. The molecule has 2 aromatic carbocycles. The zero-order chi connectivity index (χ0) is 21.0. The molecular weight excluding hydrogens is 370 g/mol. The fraction of sp³-hybridized carbons (Fsp3) is 0.286. The molecule has 3 rings (SSSR count). The first-order chi connectivity index (χ1) is 13.9. The van der Waals surface area contributed by atoms with Crippen LogP contribution in [0.1, 0.15) is 40.2 Å². The predicted octanol–water partition coefficient (Wildman–Crippen LogP) is 3.20. The molecule has 0 radical (unpaired) electrons. The summed E-state index contributed by atoms with van der Waals surface area (Å²) in [7, 11) is 1.55. The van der Waals surface area contributed by atoms with Crippen molar-refractivity contribution < 1.29 is 14.3 Å². The third-order valence-corrected chi connectivity index (χ3v) is 4.72. The number of tetrazole rings is 1. The minimum Gasteiger partial charge on any atom is -0.494 e. The van der Waals surface area contributed by atoms with Crippen LogP contribution in [0.5, 0.6) is 5.75 Å². The van der Waals surface area contributed by atoms with E-state index in [1.54, 1.807) is 38.3 Å². The Kier molecular flexibility index (Phi) is 6.01. The van der Waals surface area contributed by atoms with Crippen LogP contribution < -0.4 is 10.1 Å². The minimum atomic E-state index is -0.244. The number of aromatic nitrogens is 4. The Labute approximate surface area is 168 Å². The number of anilines is 1. The fourth-order valence-electron chi connectivity index (χ4n) is 2.90. The second-order valence-electron chi connectivity index (χ2n) is 6.79. The van der Waals surface area contributed by atoms with E-state index < -0.39 is 0 Å². The number of carbonyl (C=O) groups excluding carboxylic acids is 2. The molecule has 0 atom stereocenters. The van der Waals surface area contributed by atoms with Gasteiger partial charge in [-0.05, 0) is 66.6 Å². The average molecular weight is 393 g/mol. The summed E-state index contributed by atoms with van der Waals surface area (Å²) in [6, 6.07) is 10.8. The molecule has 0 bridgehead atoms. The second kappa shape index (κ2) is 8.64. The van der Waals surface area contributed by atoms with Crippen molar-refractivity contribution in [3.05, 3.63) is 58.9 Å². The van der Waals surface area contributed by atoms with Gasteiger partial charge in [-0.1, -0.05) is 12.1 Å². The van der Waals surface area contributed by atoms with E-state index in [0.717, 1.165) is 11.1 Å². The van der Waals surface area contributed by atoms with Crippen LogP contribution in [-0.2, 0) is 4.79 Å². The molecule has 1 heterocycles. The number of ketones is 1. The molecule has 29 heavy (non-hydrogen) atoms. The van der Waals surface area contributed by atoms with Gasteiger partial charge >= 0.3 is 0 Å². The number of Topliss-reactive ketones (excluding diaryl/α,β-unsaturated/α-hetero) is 1. The van der Waals surface area contributed by atoms with Gasteiger partial charge < -0.3 is 10.1 Å². The SMILES string of the molecule is COc1ccc(NC(=O)CCC(=O)c2ccc(C)c(C)c2)cc1-n1nnnc1C. The van der Waals surface area contributed by atoms with Crippen molar-refractivity contribution in [1.82, 2.24) is 20.2 Å². The van der Waals surface area contributed by atoms with E-state index in [1.807, 2.05) is 26.0 Å². The van der Waals surface area contributed by atoms with Gasteiger partial charge in [0.1, 0.15) is 11.4 Å². The number of nitrogens with one attached hydrogen (secondary N) is 1. The molecule has 0 saturated heterocycles. The summed E-state index contributed by atoms with van der Waals surface area (Å²) in [5.41, 5.74) is 4.00. The van der Waals surface area contributed by atoms with Crippen LogP contribution in [0.15, 0.2) is 36.4 Å². The molecule has 1 N–H and O–H groups in total. The van der Waals surface area contributed by atoms with Crippen molar-refractivity contribution in [2.45, 2.75) is 33.6 Å². The Morgan fingerprint density at radius 1 is 1.03 bits per heavy atom. The molecule has 1 amide bonds. The molecule has 0 aliphatic carbocycles. The summed E-state index contributed by atoms with van der Waals surface area (Å²) in [5, 5.41) is 14.3. The van der Waals surface area contributed by atoms with Crippen molar-refractivity contribution in [2.75, 3.05) is 12.4 Å². The summed E-state index contributed by atoms with van der Waals surface area (Å²) < 4.78 is 6.88. The molecule has 0 fully saturated rings. The average Bonchev–Trinajstić information content (AvgIpc) is 3.14. The van der Waals surface area contributed by atoms with Crippen LogP contribution in [0.2, 0.25) is 0 Å². The van der Waals surface area contributed by atoms with Crippen molar-refractivity contribution in [1.29, 1.82) is 0 Å². The Balaban J connectivity index is 1.67. The van der Waals surface area contributed by atoms with Gasteiger partial charge in [0.2, 0.25) is 5.91 Å². The van der Waals surface area contributed by atoms with Crippen molar-refractivity contribution in [2.24, 2.45) is 0 Å². The van der Waals surface area contributed by atoms with E-state index in [9.17, 15) is 9.59 Å². The molecule has 0 aliphatic heterocycles. The maximum atomic E-state index is 12.4. The first-order valence-corrected chi connectivity index (χ1v) is 9.22. The summed E-state index contributed by atoms with van der Waals surface area (Å²) >= 11 is 0. The number of hydrogen-bond donors (Lipinski definition) is 1. The highest BCUT2D eigenvalue weighted by atomic mass is 16.5. The largest absolute Gasteiger partial charge is 0.494 e. The number of aryl methyl sites for hydroxylation is 3. The molecule has 0 unspecified atom stereocenters. The Hall–Kier alpha value is -3.55. The lowest BCUT2D eigenvalue weighted by atomic mass is 10.0. The fourth-order valence-corrected chi connectivity index (χ4v) is 2.90. The minimum absolute atomic E-state index is 0.0528. The van der Waals surface area contributed by atoms with Crippen LogP contribution in [0, 0.1) is 20.8 Å². The third-order valence-electron chi connectivity index (χ3n) is 4.72. The van der Waals surface area contributed by atoms with Crippen LogP contribution in [0.25, 0.3) is 5.69 Å². The highest BCUT2D eigenvalue weighted by Gasteiger charge is 2.14. The lowest BCUT2D eigenvalue weighted by molar-refractivity contribution is -0.116. The van der Waals surface area contributed by atoms with Crippen LogP contribution >= 0.6 is 0 Å². The number of amides is 1. The molecular formula is C21H23N5O3. The van der Waals surface area contributed by atoms with E-state index in [1.165, 1.54) is 4.68 Å². The molecule has 8 nitrogen and oxygen atoms in total. The van der Waals surface area contributed by atoms with Gasteiger partial charge in [-0.15, -0.1) is 5.10 Å². The molecule has 0 spiro atoms. The molecule has 1 aromatic heterocycles. The van der Waals surface area contributed by atoms with Gasteiger partial charge in [0, 0.05) is 24.1 Å². The van der Waals surface area contributed by atoms with E-state index in [0.29, 0.717) is 28.5 Å². The lowest BCUT2D eigenvalue weighted by Gasteiger charge is -2.12. The van der Waals surface area contributed by atoms with Gasteiger partial charge in [-0.25, -0.2) is 0 Å². The first-order valence-electron chi connectivity index (χ1n) is 9.22. The lowest BCUT2D eigenvalue weighted by Crippen LogP contribution is -2.14. The number of benzene rings is 2. The Morgan fingerprint density at radius 3 is 2.48 bits per heavy atom. The third kappa shape index (κ3) is 4.66. The zero-order valence-corrected chi connectivity index (χ0v) is 16.9. The highest BCUT2D eigenvalue weighted by Crippen LogP contribution is 2.26. The first kappa shape index (κ1) is 20.2.